The van der Waals surface area contributed by atoms with Gasteiger partial charge in [-0.2, -0.15) is 0 Å². The third kappa shape index (κ3) is 3.51. The summed E-state index contributed by atoms with van der Waals surface area (Å²) in [6, 6.07) is 6.84. The van der Waals surface area contributed by atoms with Crippen LogP contribution in [-0.2, 0) is 4.79 Å². The molecule has 1 saturated carbocycles. The van der Waals surface area contributed by atoms with Crippen molar-refractivity contribution in [2.75, 3.05) is 6.54 Å². The number of carboxylic acid groups (broad SMARTS) is 1. The Bertz CT molecular complexity index is 504. The predicted molar refractivity (Wildman–Crippen MR) is 76.9 cm³/mol. The highest BCUT2D eigenvalue weighted by Gasteiger charge is 2.30. The molecule has 1 fully saturated rings. The molecule has 0 saturated heterocycles. The van der Waals surface area contributed by atoms with Gasteiger partial charge < -0.3 is 10.4 Å². The molecule has 2 unspecified atom stereocenters. The van der Waals surface area contributed by atoms with Crippen molar-refractivity contribution >= 4 is 23.5 Å². The van der Waals surface area contributed by atoms with Crippen LogP contribution in [0.4, 0.5) is 0 Å². The van der Waals surface area contributed by atoms with Crippen molar-refractivity contribution in [1.82, 2.24) is 5.32 Å². The average molecular weight is 296 g/mol. The lowest BCUT2D eigenvalue weighted by Gasteiger charge is -2.28. The Morgan fingerprint density at radius 1 is 1.25 bits per heavy atom. The number of aliphatic carboxylic acids is 1. The van der Waals surface area contributed by atoms with Crippen LogP contribution >= 0.6 is 11.6 Å². The number of carbonyl (C=O) groups is 2. The van der Waals surface area contributed by atoms with E-state index >= 15 is 0 Å². The normalized spacial score (nSPS) is 22.2. The van der Waals surface area contributed by atoms with Crippen LogP contribution in [0.5, 0.6) is 0 Å². The molecule has 2 atom stereocenters. The van der Waals surface area contributed by atoms with Gasteiger partial charge in [0, 0.05) is 6.54 Å². The molecule has 0 aromatic heterocycles. The molecule has 2 rings (SSSR count). The molecule has 0 heterocycles. The van der Waals surface area contributed by atoms with Crippen molar-refractivity contribution in [2.45, 2.75) is 25.7 Å². The Labute approximate surface area is 123 Å². The van der Waals surface area contributed by atoms with E-state index in [2.05, 4.69) is 5.32 Å². The van der Waals surface area contributed by atoms with E-state index in [1.165, 1.54) is 0 Å². The Morgan fingerprint density at radius 2 is 1.95 bits per heavy atom. The van der Waals surface area contributed by atoms with Crippen molar-refractivity contribution < 1.29 is 14.7 Å². The fourth-order valence-corrected chi connectivity index (χ4v) is 2.96. The zero-order valence-corrected chi connectivity index (χ0v) is 11.9. The molecule has 0 aliphatic heterocycles. The summed E-state index contributed by atoms with van der Waals surface area (Å²) >= 11 is 5.96. The molecule has 1 aromatic rings. The molecule has 5 heteroatoms. The van der Waals surface area contributed by atoms with Gasteiger partial charge in [-0.15, -0.1) is 0 Å². The quantitative estimate of drug-likeness (QED) is 0.897. The smallest absolute Gasteiger partial charge is 0.306 e. The third-order valence-electron chi connectivity index (χ3n) is 3.87. The summed E-state index contributed by atoms with van der Waals surface area (Å²) in [4.78, 5) is 23.2. The van der Waals surface area contributed by atoms with Crippen LogP contribution in [0.3, 0.4) is 0 Å². The number of benzene rings is 1. The number of amides is 1. The number of rotatable bonds is 4. The molecule has 108 valence electrons. The van der Waals surface area contributed by atoms with Gasteiger partial charge in [0.05, 0.1) is 16.5 Å². The largest absolute Gasteiger partial charge is 0.481 e. The second kappa shape index (κ2) is 6.75. The van der Waals surface area contributed by atoms with Crippen LogP contribution in [0.1, 0.15) is 36.0 Å². The van der Waals surface area contributed by atoms with Crippen molar-refractivity contribution in [3.05, 3.63) is 34.9 Å². The third-order valence-corrected chi connectivity index (χ3v) is 4.20. The summed E-state index contributed by atoms with van der Waals surface area (Å²) in [5.41, 5.74) is 0.428. The monoisotopic (exact) mass is 295 g/mol. The minimum atomic E-state index is -0.762. The molecule has 4 nitrogen and oxygen atoms in total. The van der Waals surface area contributed by atoms with E-state index in [4.69, 9.17) is 11.6 Å². The van der Waals surface area contributed by atoms with Crippen molar-refractivity contribution in [3.8, 4) is 0 Å². The lowest BCUT2D eigenvalue weighted by molar-refractivity contribution is -0.144. The standard InChI is InChI=1S/C15H18ClNO3/c16-13-8-4-3-7-12(13)14(18)17-9-10-5-1-2-6-11(10)15(19)20/h3-4,7-8,10-11H,1-2,5-6,9H2,(H,17,18)(H,19,20). The molecule has 1 aliphatic rings. The Kier molecular flexibility index (Phi) is 5.01. The number of nitrogens with one attached hydrogen (secondary N) is 1. The zero-order chi connectivity index (χ0) is 14.5. The molecule has 0 spiro atoms. The van der Waals surface area contributed by atoms with Crippen molar-refractivity contribution in [3.63, 3.8) is 0 Å². The first-order valence-electron chi connectivity index (χ1n) is 6.85. The molecule has 0 radical (unpaired) electrons. The van der Waals surface area contributed by atoms with Crippen molar-refractivity contribution in [1.29, 1.82) is 0 Å². The summed E-state index contributed by atoms with van der Waals surface area (Å²) in [5, 5.41) is 12.4. The van der Waals surface area contributed by atoms with E-state index in [0.717, 1.165) is 19.3 Å². The Hall–Kier alpha value is -1.55. The topological polar surface area (TPSA) is 66.4 Å². The van der Waals surface area contributed by atoms with E-state index in [1.54, 1.807) is 24.3 Å². The molecule has 1 aliphatic carbocycles. The van der Waals surface area contributed by atoms with Gasteiger partial charge in [0.15, 0.2) is 0 Å². The first-order chi connectivity index (χ1) is 9.59. The summed E-state index contributed by atoms with van der Waals surface area (Å²) in [6.45, 7) is 0.390. The van der Waals surface area contributed by atoms with Gasteiger partial charge in [-0.3, -0.25) is 9.59 Å². The maximum absolute atomic E-state index is 12.0. The first kappa shape index (κ1) is 14.9. The average Bonchev–Trinajstić information content (AvgIpc) is 2.45. The maximum Gasteiger partial charge on any atom is 0.306 e. The SMILES string of the molecule is O=C(NCC1CCCCC1C(=O)O)c1ccccc1Cl. The highest BCUT2D eigenvalue weighted by Crippen LogP contribution is 2.29. The molecular weight excluding hydrogens is 278 g/mol. The first-order valence-corrected chi connectivity index (χ1v) is 7.23. The summed E-state index contributed by atoms with van der Waals surface area (Å²) in [7, 11) is 0. The van der Waals surface area contributed by atoms with Crippen molar-refractivity contribution in [2.24, 2.45) is 11.8 Å². The lowest BCUT2D eigenvalue weighted by Crippen LogP contribution is -2.37. The molecule has 1 aromatic carbocycles. The zero-order valence-electron chi connectivity index (χ0n) is 11.1. The highest BCUT2D eigenvalue weighted by molar-refractivity contribution is 6.33. The van der Waals surface area contributed by atoms with E-state index < -0.39 is 5.97 Å². The van der Waals surface area contributed by atoms with Gasteiger partial charge in [0.2, 0.25) is 0 Å². The van der Waals surface area contributed by atoms with E-state index in [0.29, 0.717) is 23.6 Å². The number of carboxylic acids is 1. The Morgan fingerprint density at radius 3 is 2.65 bits per heavy atom. The van der Waals surface area contributed by atoms with Crippen LogP contribution in [0.15, 0.2) is 24.3 Å². The maximum atomic E-state index is 12.0. The van der Waals surface area contributed by atoms with Gasteiger partial charge in [0.1, 0.15) is 0 Å². The minimum Gasteiger partial charge on any atom is -0.481 e. The molecule has 2 N–H and O–H groups in total. The molecule has 20 heavy (non-hydrogen) atoms. The fraction of sp³-hybridized carbons (Fsp3) is 0.467. The number of hydrogen-bond donors (Lipinski definition) is 2. The molecular formula is C15H18ClNO3. The van der Waals surface area contributed by atoms with E-state index in [1.807, 2.05) is 0 Å². The lowest BCUT2D eigenvalue weighted by atomic mass is 9.79. The molecule has 0 bridgehead atoms. The Balaban J connectivity index is 1.95. The minimum absolute atomic E-state index is 0.00712. The van der Waals surface area contributed by atoms with Crippen LogP contribution < -0.4 is 5.32 Å². The highest BCUT2D eigenvalue weighted by atomic mass is 35.5. The van der Waals surface area contributed by atoms with Crippen LogP contribution in [0.25, 0.3) is 0 Å². The van der Waals surface area contributed by atoms with Gasteiger partial charge in [-0.25, -0.2) is 0 Å². The second-order valence-corrected chi connectivity index (χ2v) is 5.59. The molecule has 1 amide bonds. The summed E-state index contributed by atoms with van der Waals surface area (Å²) in [5.74, 6) is -1.35. The van der Waals surface area contributed by atoms with E-state index in [9.17, 15) is 14.7 Å². The van der Waals surface area contributed by atoms with Gasteiger partial charge in [0.25, 0.3) is 5.91 Å². The van der Waals surface area contributed by atoms with Crippen LogP contribution in [0, 0.1) is 11.8 Å². The van der Waals surface area contributed by atoms with Gasteiger partial charge in [-0.1, -0.05) is 36.6 Å². The van der Waals surface area contributed by atoms with Gasteiger partial charge in [-0.05, 0) is 30.9 Å². The predicted octanol–water partition coefficient (Wildman–Crippen LogP) is 2.96. The van der Waals surface area contributed by atoms with E-state index in [-0.39, 0.29) is 17.7 Å². The number of halogens is 1. The number of hydrogen-bond acceptors (Lipinski definition) is 2. The summed E-state index contributed by atoms with van der Waals surface area (Å²) in [6.07, 6.45) is 3.52. The van der Waals surface area contributed by atoms with Gasteiger partial charge >= 0.3 is 5.97 Å². The van der Waals surface area contributed by atoms with Crippen LogP contribution in [0.2, 0.25) is 5.02 Å². The second-order valence-electron chi connectivity index (χ2n) is 5.18. The van der Waals surface area contributed by atoms with Crippen LogP contribution in [-0.4, -0.2) is 23.5 Å². The fourth-order valence-electron chi connectivity index (χ4n) is 2.74. The summed E-state index contributed by atoms with van der Waals surface area (Å²) < 4.78 is 0. The number of carbonyl (C=O) groups excluding carboxylic acids is 1.